The first-order chi connectivity index (χ1) is 45.4. The van der Waals surface area contributed by atoms with Crippen molar-refractivity contribution in [2.45, 2.75) is 354 Å². The van der Waals surface area contributed by atoms with Gasteiger partial charge in [0.05, 0.1) is 33.8 Å². The number of phosphoric ester groups is 1. The summed E-state index contributed by atoms with van der Waals surface area (Å²) in [4.78, 5) is 40.3. The summed E-state index contributed by atoms with van der Waals surface area (Å²) in [6.45, 7) is 6.72. The van der Waals surface area contributed by atoms with E-state index >= 15 is 0 Å². The molecule has 0 saturated carbocycles. The second-order valence-corrected chi connectivity index (χ2v) is 28.5. The molecule has 1 N–H and O–H groups in total. The largest absolute Gasteiger partial charge is 0.756 e. The molecule has 536 valence electrons. The summed E-state index contributed by atoms with van der Waals surface area (Å²) < 4.78 is 30.5. The highest BCUT2D eigenvalue weighted by atomic mass is 31.2. The predicted octanol–water partition coefficient (Wildman–Crippen LogP) is 24.7. The second-order valence-electron chi connectivity index (χ2n) is 27.1. The minimum absolute atomic E-state index is 0.0288. The van der Waals surface area contributed by atoms with E-state index in [1.54, 1.807) is 0 Å². The number of unbranched alkanes of at least 4 members (excludes halogenated alkanes) is 36. The Kier molecular flexibility index (Phi) is 68.4. The Hall–Kier alpha value is -3.59. The number of likely N-dealkylation sites (N-methyl/N-ethyl adjacent to an activating group) is 1. The van der Waals surface area contributed by atoms with E-state index < -0.39 is 26.6 Å². The molecule has 0 aromatic heterocycles. The van der Waals surface area contributed by atoms with E-state index in [0.29, 0.717) is 17.4 Å². The topological polar surface area (TPSA) is 114 Å². The fraction of sp³-hybridized carbons (Fsp3) is 0.735. The van der Waals surface area contributed by atoms with Crippen LogP contribution in [0.1, 0.15) is 342 Å². The zero-order chi connectivity index (χ0) is 67.8. The molecule has 0 aromatic rings. The minimum Gasteiger partial charge on any atom is -0.756 e. The van der Waals surface area contributed by atoms with Gasteiger partial charge in [-0.15, -0.1) is 0 Å². The lowest BCUT2D eigenvalue weighted by atomic mass is 10.0. The molecular weight excluding hydrogens is 1170 g/mol. The van der Waals surface area contributed by atoms with E-state index in [0.717, 1.165) is 122 Å². The molecule has 0 bridgehead atoms. The summed E-state index contributed by atoms with van der Waals surface area (Å²) in [5, 5.41) is 3.05. The van der Waals surface area contributed by atoms with Crippen LogP contribution in [0.3, 0.4) is 0 Å². The smallest absolute Gasteiger partial charge is 0.306 e. The maximum atomic E-state index is 13.7. The van der Waals surface area contributed by atoms with E-state index in [9.17, 15) is 19.0 Å². The van der Waals surface area contributed by atoms with Crippen molar-refractivity contribution in [2.24, 2.45) is 0 Å². The van der Waals surface area contributed by atoms with Gasteiger partial charge in [0.15, 0.2) is 0 Å². The van der Waals surface area contributed by atoms with Gasteiger partial charge in [0, 0.05) is 12.8 Å². The molecule has 0 rings (SSSR count). The van der Waals surface area contributed by atoms with Crippen LogP contribution in [-0.2, 0) is 27.9 Å². The molecule has 0 saturated heterocycles. The van der Waals surface area contributed by atoms with Crippen molar-refractivity contribution in [1.82, 2.24) is 5.32 Å². The normalized spacial score (nSPS) is 14.1. The van der Waals surface area contributed by atoms with Gasteiger partial charge in [0.25, 0.3) is 7.82 Å². The van der Waals surface area contributed by atoms with E-state index in [1.165, 1.54) is 186 Å². The maximum Gasteiger partial charge on any atom is 0.306 e. The monoisotopic (exact) mass is 1320 g/mol. The van der Waals surface area contributed by atoms with Crippen LogP contribution in [0.4, 0.5) is 0 Å². The van der Waals surface area contributed by atoms with E-state index in [1.807, 2.05) is 33.3 Å². The van der Waals surface area contributed by atoms with Gasteiger partial charge < -0.3 is 28.5 Å². The number of phosphoric acid groups is 1. The zero-order valence-electron chi connectivity index (χ0n) is 61.4. The summed E-state index contributed by atoms with van der Waals surface area (Å²) in [6.07, 6.45) is 100. The third kappa shape index (κ3) is 72.5. The van der Waals surface area contributed by atoms with Crippen LogP contribution < -0.4 is 10.2 Å². The fourth-order valence-electron chi connectivity index (χ4n) is 10.9. The molecule has 0 heterocycles. The molecule has 0 aromatic carbocycles. The molecule has 93 heavy (non-hydrogen) atoms. The number of carbonyl (C=O) groups excluding carboxylic acids is 2. The first-order valence-corrected chi connectivity index (χ1v) is 40.3. The number of ether oxygens (including phenoxy) is 1. The molecule has 9 nitrogen and oxygen atoms in total. The molecule has 1 amide bonds. The molecule has 0 radical (unpaired) electrons. The molecule has 0 aliphatic carbocycles. The lowest BCUT2D eigenvalue weighted by molar-refractivity contribution is -0.870. The van der Waals surface area contributed by atoms with Gasteiger partial charge in [-0.3, -0.25) is 14.2 Å². The van der Waals surface area contributed by atoms with E-state index in [4.69, 9.17) is 13.8 Å². The average molecular weight is 1320 g/mol. The van der Waals surface area contributed by atoms with Crippen molar-refractivity contribution < 1.29 is 37.3 Å². The van der Waals surface area contributed by atoms with E-state index in [-0.39, 0.29) is 24.9 Å². The Bertz CT molecular complexity index is 2010. The number of quaternary nitrogens is 1. The Morgan fingerprint density at radius 2 is 0.688 bits per heavy atom. The summed E-state index contributed by atoms with van der Waals surface area (Å²) in [5.41, 5.74) is 0. The summed E-state index contributed by atoms with van der Waals surface area (Å²) in [7, 11) is 1.17. The lowest BCUT2D eigenvalue weighted by Gasteiger charge is -2.30. The van der Waals surface area contributed by atoms with Gasteiger partial charge >= 0.3 is 5.97 Å². The number of nitrogens with zero attached hydrogens (tertiary/aromatic N) is 1. The number of allylic oxidation sites excluding steroid dienone is 19. The second kappa shape index (κ2) is 71.2. The summed E-state index contributed by atoms with van der Waals surface area (Å²) >= 11 is 0. The van der Waals surface area contributed by atoms with Gasteiger partial charge in [-0.1, -0.05) is 329 Å². The third-order valence-electron chi connectivity index (χ3n) is 16.9. The highest BCUT2D eigenvalue weighted by Crippen LogP contribution is 2.38. The Balaban J connectivity index is 5.03. The molecule has 0 aliphatic heterocycles. The number of hydrogen-bond acceptors (Lipinski definition) is 7. The average Bonchev–Trinajstić information content (AvgIpc) is 2.31. The molecule has 3 unspecified atom stereocenters. The third-order valence-corrected chi connectivity index (χ3v) is 17.8. The quantitative estimate of drug-likeness (QED) is 0.0212. The predicted molar refractivity (Wildman–Crippen MR) is 403 cm³/mol. The molecule has 10 heteroatoms. The van der Waals surface area contributed by atoms with Crippen LogP contribution in [0, 0.1) is 0 Å². The summed E-state index contributed by atoms with van der Waals surface area (Å²) in [5.74, 6) is -0.547. The number of carbonyl (C=O) groups is 2. The molecule has 0 spiro atoms. The standard InChI is InChI=1S/C83H147N2O7P/c1-7-10-13-16-19-22-25-28-30-32-34-36-38-40-42-44-46-48-50-52-54-57-60-63-66-69-72-75-82(86)84-80(79-91-93(88,89)90-78-77-85(4,5)6)81(74-71-68-65-62-59-56-27-24-21-18-15-12-9-3)92-83(87)76-73-70-67-64-61-58-55-53-51-49-47-45-43-41-39-37-35-33-31-29-26-23-20-17-14-11-8-2/h10,13,19-20,22-23,28-31,34-37,40,42,46,48,71,74,80-81H,7-9,11-12,14-18,21,24-27,32-33,38-39,41,43-45,47,49-70,72-73,75-79H2,1-6H3,(H-,84,86,88,89)/b13-10-,22-19-,23-20-,30-28-,31-29-,36-34-,37-35-,42-40-,48-46-,74-71+. The van der Waals surface area contributed by atoms with Crippen LogP contribution in [0.25, 0.3) is 0 Å². The fourth-order valence-corrected chi connectivity index (χ4v) is 11.7. The molecule has 0 aliphatic rings. The van der Waals surface area contributed by atoms with Crippen LogP contribution in [0.2, 0.25) is 0 Å². The number of esters is 1. The first kappa shape index (κ1) is 89.4. The van der Waals surface area contributed by atoms with Gasteiger partial charge in [0.1, 0.15) is 19.3 Å². The minimum atomic E-state index is -4.72. The van der Waals surface area contributed by atoms with Gasteiger partial charge in [0.2, 0.25) is 5.91 Å². The number of nitrogens with one attached hydrogen (secondary N) is 1. The SMILES string of the molecule is CC/C=C\C/C=C\C/C=C\C/C=C\C/C=C\C/C=C\CCCCCCCCCCC(=O)NC(COP(=O)([O-])OCC[N+](C)(C)C)C(/C=C/CCCCCCCCCCCCC)OC(=O)CCCCCCCCCCCCCCCC/C=C\C/C=C\C/C=C\CCCCC. The van der Waals surface area contributed by atoms with Gasteiger partial charge in [-0.25, -0.2) is 0 Å². The van der Waals surface area contributed by atoms with Crippen molar-refractivity contribution in [3.05, 3.63) is 122 Å². The molecule has 3 atom stereocenters. The summed E-state index contributed by atoms with van der Waals surface area (Å²) in [6, 6.07) is -0.902. The zero-order valence-corrected chi connectivity index (χ0v) is 62.3. The van der Waals surface area contributed by atoms with Gasteiger partial charge in [-0.05, 0) is 122 Å². The maximum absolute atomic E-state index is 13.7. The van der Waals surface area contributed by atoms with Crippen molar-refractivity contribution >= 4 is 19.7 Å². The highest BCUT2D eigenvalue weighted by Gasteiger charge is 2.27. The Labute approximate surface area is 575 Å². The van der Waals surface area contributed by atoms with E-state index in [2.05, 4.69) is 135 Å². The van der Waals surface area contributed by atoms with Crippen molar-refractivity contribution in [3.8, 4) is 0 Å². The molecular formula is C83H147N2O7P. The first-order valence-electron chi connectivity index (χ1n) is 38.8. The van der Waals surface area contributed by atoms with Crippen LogP contribution >= 0.6 is 7.82 Å². The molecule has 0 fully saturated rings. The number of amides is 1. The lowest BCUT2D eigenvalue weighted by Crippen LogP contribution is -2.47. The van der Waals surface area contributed by atoms with Crippen molar-refractivity contribution in [1.29, 1.82) is 0 Å². The van der Waals surface area contributed by atoms with Crippen LogP contribution in [-0.4, -0.2) is 69.4 Å². The van der Waals surface area contributed by atoms with Gasteiger partial charge in [-0.2, -0.15) is 0 Å². The van der Waals surface area contributed by atoms with Crippen molar-refractivity contribution in [3.63, 3.8) is 0 Å². The number of rotatable bonds is 70. The van der Waals surface area contributed by atoms with Crippen LogP contribution in [0.15, 0.2) is 122 Å². The van der Waals surface area contributed by atoms with Crippen molar-refractivity contribution in [2.75, 3.05) is 40.9 Å². The Morgan fingerprint density at radius 1 is 0.387 bits per heavy atom. The van der Waals surface area contributed by atoms with Crippen LogP contribution in [0.5, 0.6) is 0 Å². The Morgan fingerprint density at radius 3 is 1.05 bits per heavy atom. The highest BCUT2D eigenvalue weighted by molar-refractivity contribution is 7.45. The number of hydrogen-bond donors (Lipinski definition) is 1.